The van der Waals surface area contributed by atoms with Gasteiger partial charge < -0.3 is 0 Å². The zero-order valence-corrected chi connectivity index (χ0v) is 21.5. The summed E-state index contributed by atoms with van der Waals surface area (Å²) in [6, 6.07) is 23.3. The average molecular weight is 533 g/mol. The van der Waals surface area contributed by atoms with Crippen LogP contribution in [0, 0.1) is 71.6 Å². The molecule has 1 aliphatic carbocycles. The topological polar surface area (TPSA) is 113 Å². The Kier molecular flexibility index (Phi) is 6.61. The maximum absolute atomic E-state index is 10.1. The van der Waals surface area contributed by atoms with Gasteiger partial charge in [0.05, 0.1) is 49.4 Å². The average Bonchev–Trinajstić information content (AvgIpc) is 3.35. The van der Waals surface area contributed by atoms with Crippen molar-refractivity contribution >= 4 is 17.1 Å². The van der Waals surface area contributed by atoms with Crippen LogP contribution in [0.3, 0.4) is 0 Å². The molecule has 0 N–H and O–H groups in total. The lowest BCUT2D eigenvalue weighted by Crippen LogP contribution is -2.12. The highest BCUT2D eigenvalue weighted by Gasteiger charge is 2.40. The first-order valence-electron chi connectivity index (χ1n) is 12.2. The Labute approximate surface area is 241 Å². The van der Waals surface area contributed by atoms with E-state index in [1.807, 2.05) is 12.1 Å². The molecule has 4 aromatic rings. The van der Waals surface area contributed by atoms with E-state index < -0.39 is 12.0 Å². The van der Waals surface area contributed by atoms with Crippen LogP contribution in [-0.2, 0) is 0 Å². The number of hydrogen-bond acceptors (Lipinski definition) is 4. The lowest BCUT2D eigenvalue weighted by molar-refractivity contribution is 0.808. The molecule has 0 radical (unpaired) electrons. The highest BCUT2D eigenvalue weighted by Crippen LogP contribution is 2.52. The van der Waals surface area contributed by atoms with Gasteiger partial charge in [0.15, 0.2) is 23.1 Å². The summed E-state index contributed by atoms with van der Waals surface area (Å²) in [5.41, 5.74) is 5.85. The molecule has 4 aromatic carbocycles. The second kappa shape index (κ2) is 10.5. The van der Waals surface area contributed by atoms with Crippen LogP contribution >= 0.6 is 0 Å². The van der Waals surface area contributed by atoms with Gasteiger partial charge in [-0.1, -0.05) is 12.1 Å². The lowest BCUT2D eigenvalue weighted by atomic mass is 9.87. The molecule has 42 heavy (non-hydrogen) atoms. The predicted octanol–water partition coefficient (Wildman–Crippen LogP) is 8.21. The van der Waals surface area contributed by atoms with Gasteiger partial charge in [-0.3, -0.25) is 4.85 Å². The summed E-state index contributed by atoms with van der Waals surface area (Å²) in [6.45, 7) is 30.5. The van der Waals surface area contributed by atoms with Crippen LogP contribution in [-0.4, -0.2) is 6.04 Å². The quantitative estimate of drug-likeness (QED) is 0.247. The maximum atomic E-state index is 10.1. The van der Waals surface area contributed by atoms with Gasteiger partial charge in [-0.2, -0.15) is 21.0 Å². The van der Waals surface area contributed by atoms with Gasteiger partial charge in [0.25, 0.3) is 0 Å². The van der Waals surface area contributed by atoms with Crippen molar-refractivity contribution in [1.29, 1.82) is 21.0 Å². The van der Waals surface area contributed by atoms with E-state index in [4.69, 9.17) is 26.3 Å². The Morgan fingerprint density at radius 1 is 0.571 bits per heavy atom. The molecule has 5 rings (SSSR count). The van der Waals surface area contributed by atoms with E-state index in [9.17, 15) is 21.0 Å². The number of benzene rings is 4. The van der Waals surface area contributed by atoms with E-state index in [1.165, 1.54) is 12.1 Å². The fourth-order valence-electron chi connectivity index (χ4n) is 5.33. The highest BCUT2D eigenvalue weighted by molar-refractivity contribution is 5.93. The van der Waals surface area contributed by atoms with E-state index in [0.29, 0.717) is 44.5 Å². The third-order valence-corrected chi connectivity index (χ3v) is 7.12. The summed E-state index contributed by atoms with van der Waals surface area (Å²) in [6.07, 6.45) is 0. The van der Waals surface area contributed by atoms with Crippen LogP contribution in [0.4, 0.5) is 17.1 Å². The summed E-state index contributed by atoms with van der Waals surface area (Å²) in [5, 5.41) is 39.0. The van der Waals surface area contributed by atoms with Crippen molar-refractivity contribution < 1.29 is 0 Å². The Morgan fingerprint density at radius 3 is 1.60 bits per heavy atom. The number of nitriles is 4. The van der Waals surface area contributed by atoms with Crippen molar-refractivity contribution in [3.05, 3.63) is 134 Å². The first-order valence-corrected chi connectivity index (χ1v) is 12.2. The van der Waals surface area contributed by atoms with Crippen LogP contribution in [0.5, 0.6) is 0 Å². The van der Waals surface area contributed by atoms with Gasteiger partial charge >= 0.3 is 6.04 Å². The van der Waals surface area contributed by atoms with Crippen molar-refractivity contribution in [2.24, 2.45) is 0 Å². The monoisotopic (exact) mass is 532 g/mol. The van der Waals surface area contributed by atoms with E-state index in [-0.39, 0.29) is 33.8 Å². The molecule has 0 spiro atoms. The molecule has 0 amide bonds. The molecule has 1 aliphatic rings. The van der Waals surface area contributed by atoms with Crippen molar-refractivity contribution in [3.8, 4) is 57.7 Å². The first kappa shape index (κ1) is 26.4. The molecule has 188 valence electrons. The van der Waals surface area contributed by atoms with Gasteiger partial charge in [-0.15, -0.1) is 0 Å². The minimum absolute atomic E-state index is 0.225. The van der Waals surface area contributed by atoms with Crippen LogP contribution in [0.2, 0.25) is 0 Å². The molecule has 0 aliphatic heterocycles. The standard InChI is InChI=1S/C34H12N8/c1-39-24-7-19(15-35)5-21(9-24)26-12-28-29-13-27(22-6-20(16-36)8-25(10-22)40-2)32(41-3)14-31(29)34(33(18-38)42-4)30(28)11-23(26)17-37/h5-14,33-34H. The lowest BCUT2D eigenvalue weighted by Gasteiger charge is -2.14. The summed E-state index contributed by atoms with van der Waals surface area (Å²) < 4.78 is 0. The van der Waals surface area contributed by atoms with Gasteiger partial charge in [-0.05, 0) is 93.0 Å². The molecule has 0 fully saturated rings. The molecule has 0 aromatic heterocycles. The third kappa shape index (κ3) is 4.21. The Morgan fingerprint density at radius 2 is 1.12 bits per heavy atom. The van der Waals surface area contributed by atoms with E-state index in [1.54, 1.807) is 48.5 Å². The number of rotatable bonds is 3. The molecule has 0 saturated carbocycles. The summed E-state index contributed by atoms with van der Waals surface area (Å²) in [4.78, 5) is 14.1. The Hall–Kier alpha value is -7.20. The number of fused-ring (bicyclic) bond motifs is 3. The third-order valence-electron chi connectivity index (χ3n) is 7.12. The predicted molar refractivity (Wildman–Crippen MR) is 154 cm³/mol. The van der Waals surface area contributed by atoms with Crippen LogP contribution < -0.4 is 0 Å². The Balaban J connectivity index is 1.86. The molecule has 0 saturated heterocycles. The zero-order valence-electron chi connectivity index (χ0n) is 21.5. The SMILES string of the molecule is [C-]#[N+]c1cc(C#N)cc(-c2cc3c(cc2C#N)C(C(C#N)[N+]#[C-])c2cc([N+]#[C-])c(-c4cc(C#N)cc([N+]#[C-])c4)cc2-3)c1. The van der Waals surface area contributed by atoms with E-state index in [2.05, 4.69) is 31.5 Å². The van der Waals surface area contributed by atoms with E-state index in [0.717, 1.165) is 0 Å². The van der Waals surface area contributed by atoms with Gasteiger partial charge in [0.1, 0.15) is 0 Å². The van der Waals surface area contributed by atoms with Crippen LogP contribution in [0.25, 0.3) is 52.8 Å². The second-order valence-electron chi connectivity index (χ2n) is 9.33. The molecule has 0 bridgehead atoms. The molecular weight excluding hydrogens is 520 g/mol. The zero-order chi connectivity index (χ0) is 30.0. The minimum atomic E-state index is -1.13. The molecule has 0 heterocycles. The van der Waals surface area contributed by atoms with Crippen molar-refractivity contribution in [1.82, 2.24) is 0 Å². The highest BCUT2D eigenvalue weighted by atomic mass is 14.7. The van der Waals surface area contributed by atoms with Crippen molar-refractivity contribution in [3.63, 3.8) is 0 Å². The fraction of sp³-hybridized carbons (Fsp3) is 0.0588. The molecule has 2 unspecified atom stereocenters. The van der Waals surface area contributed by atoms with Crippen LogP contribution in [0.1, 0.15) is 33.7 Å². The molecule has 2 atom stereocenters. The summed E-state index contributed by atoms with van der Waals surface area (Å²) >= 11 is 0. The minimum Gasteiger partial charge on any atom is -0.296 e. The first-order chi connectivity index (χ1) is 20.4. The number of nitrogens with zero attached hydrogens (tertiary/aromatic N) is 8. The molecule has 8 heteroatoms. The number of hydrogen-bond donors (Lipinski definition) is 0. The largest absolute Gasteiger partial charge is 0.317 e. The smallest absolute Gasteiger partial charge is 0.296 e. The van der Waals surface area contributed by atoms with Gasteiger partial charge in [-0.25, -0.2) is 21.1 Å². The molecule has 8 nitrogen and oxygen atoms in total. The van der Waals surface area contributed by atoms with Crippen LogP contribution in [0.15, 0.2) is 60.7 Å². The van der Waals surface area contributed by atoms with Crippen molar-refractivity contribution in [2.45, 2.75) is 12.0 Å². The van der Waals surface area contributed by atoms with Crippen molar-refractivity contribution in [2.75, 3.05) is 0 Å². The fourth-order valence-corrected chi connectivity index (χ4v) is 5.33. The van der Waals surface area contributed by atoms with Gasteiger partial charge in [0.2, 0.25) is 0 Å². The van der Waals surface area contributed by atoms with E-state index >= 15 is 0 Å². The summed E-state index contributed by atoms with van der Waals surface area (Å²) in [5.74, 6) is -0.735. The Bertz CT molecular complexity index is 1980. The molecular formula is C34H12N8. The maximum Gasteiger partial charge on any atom is 0.317 e. The normalized spacial score (nSPS) is 12.7. The summed E-state index contributed by atoms with van der Waals surface area (Å²) in [7, 11) is 0. The second-order valence-corrected chi connectivity index (χ2v) is 9.33. The van der Waals surface area contributed by atoms with Gasteiger partial charge in [0, 0.05) is 11.1 Å².